The molecule has 4 aromatic rings. The van der Waals surface area contributed by atoms with E-state index in [1.807, 2.05) is 24.3 Å². The van der Waals surface area contributed by atoms with Gasteiger partial charge < -0.3 is 4.90 Å². The summed E-state index contributed by atoms with van der Waals surface area (Å²) in [6.07, 6.45) is 4.43. The van der Waals surface area contributed by atoms with Gasteiger partial charge in [0.2, 0.25) is 5.91 Å². The van der Waals surface area contributed by atoms with Crippen LogP contribution in [-0.4, -0.2) is 32.0 Å². The van der Waals surface area contributed by atoms with Gasteiger partial charge in [0.1, 0.15) is 17.9 Å². The average molecular weight is 429 g/mol. The molecule has 0 saturated heterocycles. The van der Waals surface area contributed by atoms with Crippen LogP contribution in [0.2, 0.25) is 0 Å². The van der Waals surface area contributed by atoms with Gasteiger partial charge in [0.15, 0.2) is 0 Å². The summed E-state index contributed by atoms with van der Waals surface area (Å²) in [5.74, 6) is -0.268. The number of hydrogen-bond donors (Lipinski definition) is 0. The zero-order valence-electron chi connectivity index (χ0n) is 17.2. The summed E-state index contributed by atoms with van der Waals surface area (Å²) in [5.41, 5.74) is 3.38. The van der Waals surface area contributed by atoms with Crippen LogP contribution in [0.4, 0.5) is 10.1 Å². The molecule has 0 spiro atoms. The summed E-state index contributed by atoms with van der Waals surface area (Å²) in [6.45, 7) is 0.454. The minimum absolute atomic E-state index is 0.141. The lowest BCUT2D eigenvalue weighted by atomic mass is 10.2. The van der Waals surface area contributed by atoms with E-state index < -0.39 is 0 Å². The molecule has 0 atom stereocenters. The van der Waals surface area contributed by atoms with Gasteiger partial charge in [-0.3, -0.25) is 9.59 Å². The molecule has 2 aromatic heterocycles. The number of para-hydroxylation sites is 1. The summed E-state index contributed by atoms with van der Waals surface area (Å²) < 4.78 is 16.2. The Hall–Kier alpha value is -3.81. The van der Waals surface area contributed by atoms with Crippen LogP contribution in [-0.2, 0) is 17.8 Å². The number of rotatable bonds is 4. The maximum Gasteiger partial charge on any atom is 0.293 e. The van der Waals surface area contributed by atoms with Gasteiger partial charge in [-0.1, -0.05) is 18.2 Å². The summed E-state index contributed by atoms with van der Waals surface area (Å²) in [7, 11) is 0. The first-order valence-electron chi connectivity index (χ1n) is 10.7. The Bertz CT molecular complexity index is 1420. The molecule has 1 aliphatic heterocycles. The van der Waals surface area contributed by atoms with Crippen molar-refractivity contribution in [2.24, 2.45) is 0 Å². The number of halogens is 1. The van der Waals surface area contributed by atoms with Crippen LogP contribution >= 0.6 is 0 Å². The van der Waals surface area contributed by atoms with Crippen LogP contribution in [0.3, 0.4) is 0 Å². The van der Waals surface area contributed by atoms with Gasteiger partial charge in [0.05, 0.1) is 17.6 Å². The van der Waals surface area contributed by atoms with E-state index in [0.717, 1.165) is 36.2 Å². The molecule has 32 heavy (non-hydrogen) atoms. The second-order valence-electron chi connectivity index (χ2n) is 8.34. The van der Waals surface area contributed by atoms with Gasteiger partial charge in [-0.2, -0.15) is 10.2 Å². The zero-order chi connectivity index (χ0) is 21.8. The van der Waals surface area contributed by atoms with Gasteiger partial charge in [-0.15, -0.1) is 0 Å². The van der Waals surface area contributed by atoms with Crippen LogP contribution < -0.4 is 10.5 Å². The monoisotopic (exact) mass is 429 g/mol. The minimum atomic E-state index is -0.382. The van der Waals surface area contributed by atoms with Crippen molar-refractivity contribution < 1.29 is 9.18 Å². The predicted molar refractivity (Wildman–Crippen MR) is 118 cm³/mol. The molecule has 8 heteroatoms. The van der Waals surface area contributed by atoms with E-state index in [2.05, 4.69) is 10.2 Å². The Morgan fingerprint density at radius 2 is 1.88 bits per heavy atom. The average Bonchev–Trinajstić information content (AvgIpc) is 3.39. The topological polar surface area (TPSA) is 73.0 Å². The molecule has 1 fully saturated rings. The van der Waals surface area contributed by atoms with Gasteiger partial charge in [-0.25, -0.2) is 13.8 Å². The van der Waals surface area contributed by atoms with Crippen molar-refractivity contribution in [3.05, 3.63) is 82.2 Å². The van der Waals surface area contributed by atoms with Crippen LogP contribution in [0.1, 0.15) is 30.0 Å². The molecule has 0 N–H and O–H groups in total. The molecule has 7 nitrogen and oxygen atoms in total. The molecule has 0 bridgehead atoms. The maximum absolute atomic E-state index is 13.4. The van der Waals surface area contributed by atoms with Crippen molar-refractivity contribution in [3.63, 3.8) is 0 Å². The van der Waals surface area contributed by atoms with E-state index in [1.165, 1.54) is 21.5 Å². The highest BCUT2D eigenvalue weighted by Crippen LogP contribution is 2.41. The largest absolute Gasteiger partial charge is 0.310 e. The molecule has 6 rings (SSSR count). The Morgan fingerprint density at radius 1 is 1.09 bits per heavy atom. The van der Waals surface area contributed by atoms with Crippen LogP contribution in [0.15, 0.2) is 59.5 Å². The van der Waals surface area contributed by atoms with Crippen LogP contribution in [0.25, 0.3) is 16.6 Å². The standard InChI is InChI=1S/C24H20FN5O2/c25-17-7-9-18(10-8-17)30-23-19(13-26-30)22(16-5-6-16)27-29(24(23)32)14-21(31)28-12-11-15-3-1-2-4-20(15)28/h1-4,7-10,13,16H,5-6,11-12,14H2. The quantitative estimate of drug-likeness (QED) is 0.500. The van der Waals surface area contributed by atoms with E-state index in [-0.39, 0.29) is 29.7 Å². The fourth-order valence-corrected chi connectivity index (χ4v) is 4.45. The van der Waals surface area contributed by atoms with Crippen molar-refractivity contribution in [1.29, 1.82) is 0 Å². The molecule has 160 valence electrons. The van der Waals surface area contributed by atoms with Gasteiger partial charge >= 0.3 is 0 Å². The van der Waals surface area contributed by atoms with Gasteiger partial charge in [0.25, 0.3) is 5.56 Å². The van der Waals surface area contributed by atoms with E-state index >= 15 is 0 Å². The zero-order valence-corrected chi connectivity index (χ0v) is 17.2. The van der Waals surface area contributed by atoms with E-state index in [0.29, 0.717) is 23.1 Å². The molecule has 2 aliphatic rings. The third-order valence-electron chi connectivity index (χ3n) is 6.22. The first kappa shape index (κ1) is 18.9. The maximum atomic E-state index is 13.4. The third kappa shape index (κ3) is 3.02. The van der Waals surface area contributed by atoms with Crippen LogP contribution in [0.5, 0.6) is 0 Å². The Labute approximate surface area is 182 Å². The Kier molecular flexibility index (Phi) is 4.21. The van der Waals surface area contributed by atoms with Crippen molar-refractivity contribution >= 4 is 22.5 Å². The predicted octanol–water partition coefficient (Wildman–Crippen LogP) is 3.19. The van der Waals surface area contributed by atoms with Crippen molar-refractivity contribution in [2.45, 2.75) is 31.7 Å². The first-order chi connectivity index (χ1) is 15.6. The first-order valence-corrected chi connectivity index (χ1v) is 10.7. The Balaban J connectivity index is 1.44. The molecule has 1 saturated carbocycles. The lowest BCUT2D eigenvalue weighted by molar-refractivity contribution is -0.119. The highest BCUT2D eigenvalue weighted by molar-refractivity contribution is 5.95. The normalized spacial score (nSPS) is 15.3. The number of nitrogens with zero attached hydrogens (tertiary/aromatic N) is 5. The smallest absolute Gasteiger partial charge is 0.293 e. The highest BCUT2D eigenvalue weighted by Gasteiger charge is 2.31. The second kappa shape index (κ2) is 7.12. The number of benzene rings is 2. The number of anilines is 1. The molecule has 1 amide bonds. The lowest BCUT2D eigenvalue weighted by Crippen LogP contribution is -2.37. The number of fused-ring (bicyclic) bond motifs is 2. The summed E-state index contributed by atoms with van der Waals surface area (Å²) in [4.78, 5) is 28.3. The van der Waals surface area contributed by atoms with Gasteiger partial charge in [0, 0.05) is 23.5 Å². The number of hydrogen-bond acceptors (Lipinski definition) is 4. The molecule has 0 unspecified atom stereocenters. The molecular formula is C24H20FN5O2. The summed E-state index contributed by atoms with van der Waals surface area (Å²) in [6, 6.07) is 13.6. The molecular weight excluding hydrogens is 409 g/mol. The van der Waals surface area contributed by atoms with Crippen LogP contribution in [0, 0.1) is 5.82 Å². The molecule has 1 aliphatic carbocycles. The summed E-state index contributed by atoms with van der Waals surface area (Å²) in [5, 5.41) is 9.69. The molecule has 0 radical (unpaired) electrons. The van der Waals surface area contributed by atoms with Crippen molar-refractivity contribution in [3.8, 4) is 5.69 Å². The van der Waals surface area contributed by atoms with Crippen molar-refractivity contribution in [2.75, 3.05) is 11.4 Å². The Morgan fingerprint density at radius 3 is 2.66 bits per heavy atom. The van der Waals surface area contributed by atoms with E-state index in [4.69, 9.17) is 0 Å². The number of carbonyl (C=O) groups excluding carboxylic acids is 1. The van der Waals surface area contributed by atoms with Gasteiger partial charge in [-0.05, 0) is 55.2 Å². The number of aromatic nitrogens is 4. The van der Waals surface area contributed by atoms with E-state index in [1.54, 1.807) is 23.2 Å². The fraction of sp³-hybridized carbons (Fsp3) is 0.250. The molecule has 3 heterocycles. The van der Waals surface area contributed by atoms with E-state index in [9.17, 15) is 14.0 Å². The fourth-order valence-electron chi connectivity index (χ4n) is 4.45. The minimum Gasteiger partial charge on any atom is -0.310 e. The van der Waals surface area contributed by atoms with Crippen molar-refractivity contribution in [1.82, 2.24) is 19.6 Å². The lowest BCUT2D eigenvalue weighted by Gasteiger charge is -2.18. The summed E-state index contributed by atoms with van der Waals surface area (Å²) >= 11 is 0. The highest BCUT2D eigenvalue weighted by atomic mass is 19.1. The SMILES string of the molecule is O=C(Cn1nc(C2CC2)c2cnn(-c3ccc(F)cc3)c2c1=O)N1CCc2ccccc21. The molecule has 2 aromatic carbocycles. The number of amides is 1. The second-order valence-corrected chi connectivity index (χ2v) is 8.34. The third-order valence-corrected chi connectivity index (χ3v) is 6.22. The number of carbonyl (C=O) groups is 1.